The molecule has 0 fully saturated rings. The molecule has 0 saturated carbocycles. The van der Waals surface area contributed by atoms with Gasteiger partial charge in [-0.2, -0.15) is 10.2 Å². The van der Waals surface area contributed by atoms with Crippen LogP contribution in [-0.4, -0.2) is 16.0 Å². The summed E-state index contributed by atoms with van der Waals surface area (Å²) < 4.78 is 13.3. The zero-order valence-electron chi connectivity index (χ0n) is 10.6. The third-order valence-electron chi connectivity index (χ3n) is 2.78. The average molecular weight is 279 g/mol. The quantitative estimate of drug-likeness (QED) is 0.809. The normalized spacial score (nSPS) is 10.5. The molecule has 1 aromatic heterocycles. The van der Waals surface area contributed by atoms with Crippen LogP contribution in [0.1, 0.15) is 27.3 Å². The maximum Gasteiger partial charge on any atom is 0.169 e. The third kappa shape index (κ3) is 2.96. The molecule has 98 valence electrons. The molecule has 0 aliphatic carbocycles. The van der Waals surface area contributed by atoms with Gasteiger partial charge in [-0.3, -0.25) is 4.79 Å². The van der Waals surface area contributed by atoms with Crippen LogP contribution < -0.4 is 0 Å². The van der Waals surface area contributed by atoms with Gasteiger partial charge in [-0.1, -0.05) is 23.7 Å². The van der Waals surface area contributed by atoms with Crippen LogP contribution in [0.4, 0.5) is 4.39 Å². The summed E-state index contributed by atoms with van der Waals surface area (Å²) in [5.74, 6) is -0.671. The lowest BCUT2D eigenvalue weighted by Crippen LogP contribution is -2.09. The lowest BCUT2D eigenvalue weighted by atomic mass is 10.0. The highest BCUT2D eigenvalue weighted by atomic mass is 35.5. The lowest BCUT2D eigenvalue weighted by molar-refractivity contribution is 0.0991. The van der Waals surface area contributed by atoms with Crippen molar-refractivity contribution in [1.29, 1.82) is 0 Å². The van der Waals surface area contributed by atoms with E-state index in [2.05, 4.69) is 10.2 Å². The number of aryl methyl sites for hydroxylation is 2. The average Bonchev–Trinajstić information content (AvgIpc) is 2.38. The van der Waals surface area contributed by atoms with Crippen molar-refractivity contribution < 1.29 is 9.18 Å². The minimum absolute atomic E-state index is 0.00718. The van der Waals surface area contributed by atoms with Gasteiger partial charge in [0.15, 0.2) is 5.78 Å². The molecule has 0 N–H and O–H groups in total. The van der Waals surface area contributed by atoms with E-state index in [1.807, 2.05) is 0 Å². The molecule has 0 unspecified atom stereocenters. The van der Waals surface area contributed by atoms with Gasteiger partial charge in [-0.05, 0) is 31.5 Å². The molecule has 0 aliphatic heterocycles. The summed E-state index contributed by atoms with van der Waals surface area (Å²) in [5.41, 5.74) is 2.19. The Hall–Kier alpha value is -1.81. The monoisotopic (exact) mass is 278 g/mol. The number of carbonyl (C=O) groups is 1. The van der Waals surface area contributed by atoms with E-state index >= 15 is 0 Å². The number of carbonyl (C=O) groups excluding carboxylic acids is 1. The summed E-state index contributed by atoms with van der Waals surface area (Å²) in [7, 11) is 0. The topological polar surface area (TPSA) is 42.9 Å². The van der Waals surface area contributed by atoms with Crippen molar-refractivity contribution >= 4 is 17.4 Å². The fraction of sp³-hybridized carbons (Fsp3) is 0.214. The molecule has 2 aromatic rings. The highest BCUT2D eigenvalue weighted by Crippen LogP contribution is 2.21. The predicted octanol–water partition coefficient (Wildman–Crippen LogP) is 3.31. The molecule has 0 radical (unpaired) electrons. The van der Waals surface area contributed by atoms with E-state index in [4.69, 9.17) is 11.6 Å². The van der Waals surface area contributed by atoms with Crippen LogP contribution in [-0.2, 0) is 6.42 Å². The molecule has 0 aliphatic rings. The van der Waals surface area contributed by atoms with E-state index in [0.29, 0.717) is 22.5 Å². The Kier molecular flexibility index (Phi) is 3.90. The van der Waals surface area contributed by atoms with E-state index in [9.17, 15) is 9.18 Å². The summed E-state index contributed by atoms with van der Waals surface area (Å²) >= 11 is 5.84. The smallest absolute Gasteiger partial charge is 0.169 e. The summed E-state index contributed by atoms with van der Waals surface area (Å²) in [6.07, 6.45) is 0.0442. The Morgan fingerprint density at radius 2 is 2.05 bits per heavy atom. The number of hydrogen-bond acceptors (Lipinski definition) is 3. The second kappa shape index (κ2) is 5.45. The molecule has 5 heteroatoms. The highest BCUT2D eigenvalue weighted by molar-refractivity contribution is 6.31. The van der Waals surface area contributed by atoms with Crippen LogP contribution in [0, 0.1) is 19.7 Å². The molecule has 1 aromatic carbocycles. The van der Waals surface area contributed by atoms with Crippen molar-refractivity contribution in [3.63, 3.8) is 0 Å². The van der Waals surface area contributed by atoms with Crippen LogP contribution in [0.5, 0.6) is 0 Å². The maximum absolute atomic E-state index is 13.3. The van der Waals surface area contributed by atoms with Crippen molar-refractivity contribution in [1.82, 2.24) is 10.2 Å². The zero-order chi connectivity index (χ0) is 14.0. The Bertz CT molecular complexity index is 643. The first-order valence-electron chi connectivity index (χ1n) is 5.76. The standard InChI is InChI=1S/C14H12ClFN2O/c1-8-6-11(9(2)18-17-8)13(19)7-10-4-3-5-12(16)14(10)15/h3-6H,7H2,1-2H3. The van der Waals surface area contributed by atoms with Gasteiger partial charge >= 0.3 is 0 Å². The van der Waals surface area contributed by atoms with Crippen LogP contribution in [0.3, 0.4) is 0 Å². The molecular weight excluding hydrogens is 267 g/mol. The van der Waals surface area contributed by atoms with E-state index < -0.39 is 5.82 Å². The Labute approximate surface area is 115 Å². The zero-order valence-corrected chi connectivity index (χ0v) is 11.3. The molecule has 3 nitrogen and oxygen atoms in total. The fourth-order valence-electron chi connectivity index (χ4n) is 1.79. The Morgan fingerprint density at radius 3 is 2.79 bits per heavy atom. The summed E-state index contributed by atoms with van der Waals surface area (Å²) in [6.45, 7) is 3.48. The van der Waals surface area contributed by atoms with Crippen LogP contribution >= 0.6 is 11.6 Å². The number of nitrogens with zero attached hydrogens (tertiary/aromatic N) is 2. The number of hydrogen-bond donors (Lipinski definition) is 0. The highest BCUT2D eigenvalue weighted by Gasteiger charge is 2.15. The third-order valence-corrected chi connectivity index (χ3v) is 3.21. The van der Waals surface area contributed by atoms with E-state index in [1.165, 1.54) is 12.1 Å². The van der Waals surface area contributed by atoms with E-state index in [-0.39, 0.29) is 17.2 Å². The van der Waals surface area contributed by atoms with Crippen LogP contribution in [0.15, 0.2) is 24.3 Å². The van der Waals surface area contributed by atoms with Crippen molar-refractivity contribution in [2.24, 2.45) is 0 Å². The van der Waals surface area contributed by atoms with Gasteiger partial charge in [0.25, 0.3) is 0 Å². The van der Waals surface area contributed by atoms with E-state index in [1.54, 1.807) is 26.0 Å². The second-order valence-electron chi connectivity index (χ2n) is 4.30. The molecule has 1 heterocycles. The van der Waals surface area contributed by atoms with Gasteiger partial charge in [0.1, 0.15) is 5.82 Å². The number of benzene rings is 1. The number of halogens is 2. The van der Waals surface area contributed by atoms with Crippen LogP contribution in [0.2, 0.25) is 5.02 Å². The summed E-state index contributed by atoms with van der Waals surface area (Å²) in [4.78, 5) is 12.2. The van der Waals surface area contributed by atoms with Gasteiger partial charge < -0.3 is 0 Å². The predicted molar refractivity (Wildman–Crippen MR) is 71.0 cm³/mol. The molecule has 2 rings (SSSR count). The van der Waals surface area contributed by atoms with Gasteiger partial charge in [-0.15, -0.1) is 0 Å². The van der Waals surface area contributed by atoms with Gasteiger partial charge in [0.2, 0.25) is 0 Å². The number of rotatable bonds is 3. The van der Waals surface area contributed by atoms with Crippen molar-refractivity contribution in [2.45, 2.75) is 20.3 Å². The molecule has 0 saturated heterocycles. The largest absolute Gasteiger partial charge is 0.294 e. The van der Waals surface area contributed by atoms with Crippen molar-refractivity contribution in [3.05, 3.63) is 57.6 Å². The molecule has 0 spiro atoms. The minimum atomic E-state index is -0.521. The molecule has 0 atom stereocenters. The second-order valence-corrected chi connectivity index (χ2v) is 4.68. The first-order valence-corrected chi connectivity index (χ1v) is 6.14. The summed E-state index contributed by atoms with van der Waals surface area (Å²) in [5, 5.41) is 7.77. The first kappa shape index (κ1) is 13.6. The van der Waals surface area contributed by atoms with Gasteiger partial charge in [0.05, 0.1) is 16.4 Å². The molecule has 0 amide bonds. The van der Waals surface area contributed by atoms with Crippen molar-refractivity contribution in [3.8, 4) is 0 Å². The Balaban J connectivity index is 2.31. The number of ketones is 1. The molecular formula is C14H12ClFN2O. The van der Waals surface area contributed by atoms with Crippen molar-refractivity contribution in [2.75, 3.05) is 0 Å². The van der Waals surface area contributed by atoms with Gasteiger partial charge in [-0.25, -0.2) is 4.39 Å². The lowest BCUT2D eigenvalue weighted by Gasteiger charge is -2.06. The summed E-state index contributed by atoms with van der Waals surface area (Å²) in [6, 6.07) is 6.12. The maximum atomic E-state index is 13.3. The Morgan fingerprint density at radius 1 is 1.32 bits per heavy atom. The number of aromatic nitrogens is 2. The fourth-order valence-corrected chi connectivity index (χ4v) is 1.98. The molecule has 0 bridgehead atoms. The first-order chi connectivity index (χ1) is 8.99. The molecule has 19 heavy (non-hydrogen) atoms. The number of Topliss-reactive ketones (excluding diaryl/α,β-unsaturated/α-hetero) is 1. The van der Waals surface area contributed by atoms with Gasteiger partial charge in [0, 0.05) is 12.0 Å². The minimum Gasteiger partial charge on any atom is -0.294 e. The SMILES string of the molecule is Cc1cc(C(=O)Cc2cccc(F)c2Cl)c(C)nn1. The van der Waals surface area contributed by atoms with E-state index in [0.717, 1.165) is 0 Å². The van der Waals surface area contributed by atoms with Crippen LogP contribution in [0.25, 0.3) is 0 Å².